The quantitative estimate of drug-likeness (QED) is 0.322. The van der Waals surface area contributed by atoms with Crippen LogP contribution < -0.4 is 0 Å². The van der Waals surface area contributed by atoms with Crippen LogP contribution in [0.2, 0.25) is 19.6 Å². The Labute approximate surface area is 74.3 Å². The second-order valence-corrected chi connectivity index (χ2v) is 8.92. The summed E-state index contributed by atoms with van der Waals surface area (Å²) in [5.41, 5.74) is 3.19. The monoisotopic (exact) mass is 182 g/mol. The van der Waals surface area contributed by atoms with Crippen molar-refractivity contribution in [2.24, 2.45) is 5.92 Å². The molecular weight excluding hydrogens is 168 g/mol. The summed E-state index contributed by atoms with van der Waals surface area (Å²) in [5, 5.41) is 0. The summed E-state index contributed by atoms with van der Waals surface area (Å²) in [6.07, 6.45) is -0.135. The van der Waals surface area contributed by atoms with Crippen LogP contribution in [-0.2, 0) is 9.53 Å². The predicted octanol–water partition coefficient (Wildman–Crippen LogP) is 1.43. The van der Waals surface area contributed by atoms with Crippen molar-refractivity contribution in [1.29, 1.82) is 0 Å². The number of ether oxygens (including phenoxy) is 1. The van der Waals surface area contributed by atoms with Gasteiger partial charge in [-0.3, -0.25) is 4.79 Å². The Morgan fingerprint density at radius 1 is 1.42 bits per heavy atom. The molecular formula is C9H14O2Si. The third kappa shape index (κ3) is 2.11. The fraction of sp³-hybridized carbons (Fsp3) is 0.667. The molecule has 0 amide bonds. The second-order valence-electron chi connectivity index (χ2n) is 4.17. The van der Waals surface area contributed by atoms with Crippen molar-refractivity contribution in [3.05, 3.63) is 0 Å². The standard InChI is InChI=1S/C9H14O2Si/c1-7-8(11-9(7)10)5-6-12(2,3)4/h7-8H,1-4H3/t7-,8-/m0/s1. The van der Waals surface area contributed by atoms with E-state index in [1.165, 1.54) is 0 Å². The molecule has 0 radical (unpaired) electrons. The normalized spacial score (nSPS) is 28.2. The highest BCUT2D eigenvalue weighted by atomic mass is 28.3. The first-order chi connectivity index (χ1) is 5.40. The van der Waals surface area contributed by atoms with E-state index in [9.17, 15) is 4.79 Å². The first-order valence-electron chi connectivity index (χ1n) is 4.13. The van der Waals surface area contributed by atoms with Gasteiger partial charge in [-0.25, -0.2) is 0 Å². The number of esters is 1. The zero-order valence-electron chi connectivity index (χ0n) is 7.97. The lowest BCUT2D eigenvalue weighted by Gasteiger charge is -2.28. The molecule has 1 heterocycles. The zero-order chi connectivity index (χ0) is 9.35. The third-order valence-electron chi connectivity index (χ3n) is 1.66. The maximum absolute atomic E-state index is 10.7. The van der Waals surface area contributed by atoms with Crippen LogP contribution in [0.4, 0.5) is 0 Å². The summed E-state index contributed by atoms with van der Waals surface area (Å²) in [5.74, 6) is 2.87. The number of carbonyl (C=O) groups is 1. The Balaban J connectivity index is 2.52. The predicted molar refractivity (Wildman–Crippen MR) is 50.2 cm³/mol. The van der Waals surface area contributed by atoms with Crippen LogP contribution in [0, 0.1) is 17.4 Å². The molecule has 1 rings (SSSR count). The molecule has 12 heavy (non-hydrogen) atoms. The summed E-state index contributed by atoms with van der Waals surface area (Å²) in [6.45, 7) is 8.37. The molecule has 0 bridgehead atoms. The third-order valence-corrected chi connectivity index (χ3v) is 2.55. The molecule has 0 aliphatic carbocycles. The highest BCUT2D eigenvalue weighted by Gasteiger charge is 2.37. The van der Waals surface area contributed by atoms with Gasteiger partial charge in [0.1, 0.15) is 14.0 Å². The summed E-state index contributed by atoms with van der Waals surface area (Å²) < 4.78 is 4.86. The first-order valence-corrected chi connectivity index (χ1v) is 7.63. The van der Waals surface area contributed by atoms with Crippen molar-refractivity contribution in [2.75, 3.05) is 0 Å². The van der Waals surface area contributed by atoms with Crippen molar-refractivity contribution in [1.82, 2.24) is 0 Å². The van der Waals surface area contributed by atoms with Crippen molar-refractivity contribution in [2.45, 2.75) is 32.7 Å². The molecule has 0 N–H and O–H groups in total. The van der Waals surface area contributed by atoms with E-state index in [2.05, 4.69) is 31.1 Å². The van der Waals surface area contributed by atoms with Gasteiger partial charge in [0, 0.05) is 0 Å². The number of cyclic esters (lactones) is 1. The SMILES string of the molecule is C[C@@H]1C(=O)O[C@H]1C#C[Si](C)(C)C. The Bertz CT molecular complexity index is 254. The molecule has 0 aromatic carbocycles. The summed E-state index contributed by atoms with van der Waals surface area (Å²) in [7, 11) is -1.31. The van der Waals surface area contributed by atoms with Crippen molar-refractivity contribution >= 4 is 14.0 Å². The molecule has 1 saturated heterocycles. The van der Waals surface area contributed by atoms with E-state index >= 15 is 0 Å². The number of carbonyl (C=O) groups excluding carboxylic acids is 1. The number of rotatable bonds is 0. The Kier molecular flexibility index (Phi) is 2.29. The minimum atomic E-state index is -1.31. The lowest BCUT2D eigenvalue weighted by molar-refractivity contribution is -0.175. The van der Waals surface area contributed by atoms with Gasteiger partial charge in [0.2, 0.25) is 0 Å². The summed E-state index contributed by atoms with van der Waals surface area (Å²) >= 11 is 0. The van der Waals surface area contributed by atoms with E-state index in [1.54, 1.807) is 0 Å². The molecule has 1 aliphatic heterocycles. The average molecular weight is 182 g/mol. The summed E-state index contributed by atoms with van der Waals surface area (Å²) in [4.78, 5) is 10.7. The van der Waals surface area contributed by atoms with E-state index in [1.807, 2.05) is 6.92 Å². The van der Waals surface area contributed by atoms with E-state index in [4.69, 9.17) is 4.74 Å². The van der Waals surface area contributed by atoms with Crippen LogP contribution in [0.1, 0.15) is 6.92 Å². The number of hydrogen-bond acceptors (Lipinski definition) is 2. The van der Waals surface area contributed by atoms with E-state index in [-0.39, 0.29) is 18.0 Å². The molecule has 0 saturated carbocycles. The van der Waals surface area contributed by atoms with E-state index in [0.29, 0.717) is 0 Å². The van der Waals surface area contributed by atoms with Gasteiger partial charge in [-0.15, -0.1) is 5.54 Å². The van der Waals surface area contributed by atoms with E-state index in [0.717, 1.165) is 0 Å². The Hall–Kier alpha value is -0.753. The Morgan fingerprint density at radius 2 is 2.00 bits per heavy atom. The molecule has 3 heteroatoms. The van der Waals surface area contributed by atoms with Crippen LogP contribution in [0.25, 0.3) is 0 Å². The molecule has 0 spiro atoms. The summed E-state index contributed by atoms with van der Waals surface area (Å²) in [6, 6.07) is 0. The van der Waals surface area contributed by atoms with Crippen molar-refractivity contribution in [3.8, 4) is 11.5 Å². The molecule has 0 aromatic heterocycles. The smallest absolute Gasteiger partial charge is 0.314 e. The second kappa shape index (κ2) is 2.95. The van der Waals surface area contributed by atoms with Crippen LogP contribution in [0.5, 0.6) is 0 Å². The molecule has 1 aliphatic rings. The number of hydrogen-bond donors (Lipinski definition) is 0. The zero-order valence-corrected chi connectivity index (χ0v) is 8.97. The van der Waals surface area contributed by atoms with Gasteiger partial charge in [0.15, 0.2) is 6.10 Å². The highest BCUT2D eigenvalue weighted by molar-refractivity contribution is 6.83. The topological polar surface area (TPSA) is 26.3 Å². The van der Waals surface area contributed by atoms with E-state index < -0.39 is 8.07 Å². The average Bonchev–Trinajstić information content (AvgIpc) is 1.95. The minimum absolute atomic E-state index is 0.0196. The first kappa shape index (κ1) is 9.34. The van der Waals surface area contributed by atoms with Crippen LogP contribution in [0.3, 0.4) is 0 Å². The molecule has 0 unspecified atom stereocenters. The highest BCUT2D eigenvalue weighted by Crippen LogP contribution is 2.20. The lowest BCUT2D eigenvalue weighted by atomic mass is 10.0. The molecule has 1 fully saturated rings. The molecule has 0 aromatic rings. The van der Waals surface area contributed by atoms with Crippen molar-refractivity contribution < 1.29 is 9.53 Å². The maximum Gasteiger partial charge on any atom is 0.314 e. The minimum Gasteiger partial charge on any atom is -0.448 e. The van der Waals surface area contributed by atoms with Gasteiger partial charge in [-0.1, -0.05) is 25.6 Å². The van der Waals surface area contributed by atoms with Crippen LogP contribution >= 0.6 is 0 Å². The molecule has 2 atom stereocenters. The Morgan fingerprint density at radius 3 is 2.33 bits per heavy atom. The largest absolute Gasteiger partial charge is 0.448 e. The van der Waals surface area contributed by atoms with Gasteiger partial charge in [-0.2, -0.15) is 0 Å². The van der Waals surface area contributed by atoms with Gasteiger partial charge in [0.25, 0.3) is 0 Å². The van der Waals surface area contributed by atoms with Crippen molar-refractivity contribution in [3.63, 3.8) is 0 Å². The molecule has 2 nitrogen and oxygen atoms in total. The fourth-order valence-corrected chi connectivity index (χ4v) is 1.40. The molecule has 66 valence electrons. The van der Waals surface area contributed by atoms with Gasteiger partial charge < -0.3 is 4.74 Å². The maximum atomic E-state index is 10.7. The van der Waals surface area contributed by atoms with Gasteiger partial charge in [-0.05, 0) is 6.92 Å². The van der Waals surface area contributed by atoms with Crippen LogP contribution in [-0.4, -0.2) is 20.1 Å². The van der Waals surface area contributed by atoms with Gasteiger partial charge in [0.05, 0.1) is 0 Å². The lowest BCUT2D eigenvalue weighted by Crippen LogP contribution is -2.42. The van der Waals surface area contributed by atoms with Crippen LogP contribution in [0.15, 0.2) is 0 Å². The van der Waals surface area contributed by atoms with Gasteiger partial charge >= 0.3 is 5.97 Å². The fourth-order valence-electron chi connectivity index (χ4n) is 0.828.